The molecule has 0 saturated carbocycles. The zero-order valence-electron chi connectivity index (χ0n) is 16.8. The monoisotopic (exact) mass is 458 g/mol. The lowest BCUT2D eigenvalue weighted by molar-refractivity contribution is -0.116. The first-order valence-electron chi connectivity index (χ1n) is 9.76. The fourth-order valence-electron chi connectivity index (χ4n) is 3.37. The van der Waals surface area contributed by atoms with Gasteiger partial charge in [-0.2, -0.15) is 5.10 Å². The Balaban J connectivity index is 1.48. The molecule has 4 rings (SSSR count). The first-order valence-corrected chi connectivity index (χ1v) is 12.2. The van der Waals surface area contributed by atoms with Crippen LogP contribution in [-0.2, 0) is 27.8 Å². The van der Waals surface area contributed by atoms with Crippen molar-refractivity contribution in [3.8, 4) is 10.6 Å². The third-order valence-corrected chi connectivity index (χ3v) is 6.60. The van der Waals surface area contributed by atoms with Gasteiger partial charge in [-0.3, -0.25) is 9.89 Å². The summed E-state index contributed by atoms with van der Waals surface area (Å²) in [5, 5.41) is 17.1. The number of amides is 1. The van der Waals surface area contributed by atoms with Crippen molar-refractivity contribution < 1.29 is 13.2 Å². The number of primary sulfonamides is 1. The highest BCUT2D eigenvalue weighted by molar-refractivity contribution is 7.89. The maximum Gasteiger partial charge on any atom is 0.238 e. The van der Waals surface area contributed by atoms with Crippen molar-refractivity contribution in [1.29, 1.82) is 0 Å². The molecule has 9 nitrogen and oxygen atoms in total. The van der Waals surface area contributed by atoms with Crippen LogP contribution in [0.4, 0.5) is 5.82 Å². The summed E-state index contributed by atoms with van der Waals surface area (Å²) in [5.41, 5.74) is 2.21. The van der Waals surface area contributed by atoms with Crippen LogP contribution in [0, 0.1) is 0 Å². The van der Waals surface area contributed by atoms with Gasteiger partial charge in [0.25, 0.3) is 0 Å². The van der Waals surface area contributed by atoms with Crippen LogP contribution in [0.25, 0.3) is 21.6 Å². The van der Waals surface area contributed by atoms with Gasteiger partial charge >= 0.3 is 0 Å². The second-order valence-electron chi connectivity index (χ2n) is 7.07. The molecule has 4 N–H and O–H groups in total. The second-order valence-corrected chi connectivity index (χ2v) is 9.58. The molecule has 3 aromatic heterocycles. The second kappa shape index (κ2) is 8.61. The number of imidazole rings is 1. The minimum Gasteiger partial charge on any atom is -0.328 e. The number of nitrogens with zero attached hydrogens (tertiary/aromatic N) is 3. The van der Waals surface area contributed by atoms with E-state index >= 15 is 0 Å². The molecule has 0 fully saturated rings. The summed E-state index contributed by atoms with van der Waals surface area (Å²) in [5.74, 6) is 1.01. The lowest BCUT2D eigenvalue weighted by Gasteiger charge is -2.08. The van der Waals surface area contributed by atoms with E-state index in [9.17, 15) is 13.2 Å². The van der Waals surface area contributed by atoms with Crippen LogP contribution in [0.5, 0.6) is 0 Å². The van der Waals surface area contributed by atoms with Crippen LogP contribution >= 0.6 is 11.3 Å². The molecule has 0 unspecified atom stereocenters. The molecule has 31 heavy (non-hydrogen) atoms. The van der Waals surface area contributed by atoms with Gasteiger partial charge in [-0.15, -0.1) is 11.3 Å². The number of fused-ring (bicyclic) bond motifs is 1. The first kappa shape index (κ1) is 21.2. The van der Waals surface area contributed by atoms with Crippen molar-refractivity contribution in [2.75, 3.05) is 5.32 Å². The number of aryl methyl sites for hydroxylation is 2. The molecule has 0 spiro atoms. The van der Waals surface area contributed by atoms with Gasteiger partial charge in [0.1, 0.15) is 5.82 Å². The number of aromatic amines is 1. The van der Waals surface area contributed by atoms with Gasteiger partial charge in [0.2, 0.25) is 15.9 Å². The number of sulfonamides is 1. The Morgan fingerprint density at radius 3 is 2.84 bits per heavy atom. The number of thiophene rings is 1. The normalized spacial score (nSPS) is 11.8. The minimum absolute atomic E-state index is 0.0190. The average molecular weight is 459 g/mol. The quantitative estimate of drug-likeness (QED) is 0.373. The van der Waals surface area contributed by atoms with E-state index in [2.05, 4.69) is 20.5 Å². The molecule has 1 amide bonds. The van der Waals surface area contributed by atoms with Crippen LogP contribution in [0.3, 0.4) is 0 Å². The number of anilines is 1. The number of rotatable bonds is 8. The van der Waals surface area contributed by atoms with Gasteiger partial charge in [-0.1, -0.05) is 13.0 Å². The highest BCUT2D eigenvalue weighted by Gasteiger charge is 2.16. The zero-order valence-corrected chi connectivity index (χ0v) is 18.5. The van der Waals surface area contributed by atoms with Crippen molar-refractivity contribution in [3.63, 3.8) is 0 Å². The standard InChI is InChI=1S/C20H22N6O3S2/c1-2-9-26-16-6-5-13(31(21,28)29)11-14(16)22-19(26)7-8-20(27)23-18-12-15(24-25-18)17-4-3-10-30-17/h3-6,10-12H,2,7-9H2,1H3,(H2,21,28,29)(H2,23,24,25,27). The van der Waals surface area contributed by atoms with Crippen LogP contribution in [0.1, 0.15) is 25.6 Å². The van der Waals surface area contributed by atoms with Crippen molar-refractivity contribution in [3.05, 3.63) is 47.6 Å². The fourth-order valence-corrected chi connectivity index (χ4v) is 4.60. The number of hydrogen-bond acceptors (Lipinski definition) is 6. The van der Waals surface area contributed by atoms with Crippen LogP contribution in [0.2, 0.25) is 0 Å². The van der Waals surface area contributed by atoms with Gasteiger partial charge in [-0.05, 0) is 36.1 Å². The molecular weight excluding hydrogens is 436 g/mol. The number of nitrogens with one attached hydrogen (secondary N) is 2. The summed E-state index contributed by atoms with van der Waals surface area (Å²) in [6, 6.07) is 10.4. The maximum atomic E-state index is 12.5. The molecule has 0 saturated heterocycles. The molecule has 3 heterocycles. The highest BCUT2D eigenvalue weighted by atomic mass is 32.2. The number of carbonyl (C=O) groups is 1. The van der Waals surface area contributed by atoms with Crippen LogP contribution < -0.4 is 10.5 Å². The number of carbonyl (C=O) groups excluding carboxylic acids is 1. The SMILES string of the molecule is CCCn1c(CCC(=O)Nc2cc(-c3cccs3)[nH]n2)nc2cc(S(N)(=O)=O)ccc21. The van der Waals surface area contributed by atoms with Gasteiger partial charge in [-0.25, -0.2) is 18.5 Å². The highest BCUT2D eigenvalue weighted by Crippen LogP contribution is 2.25. The molecule has 162 valence electrons. The van der Waals surface area contributed by atoms with E-state index in [1.807, 2.05) is 29.0 Å². The Kier molecular flexibility index (Phi) is 5.90. The molecule has 0 aliphatic heterocycles. The van der Waals surface area contributed by atoms with E-state index < -0.39 is 10.0 Å². The molecule has 0 bridgehead atoms. The Morgan fingerprint density at radius 2 is 2.13 bits per heavy atom. The van der Waals surface area contributed by atoms with E-state index in [-0.39, 0.29) is 17.2 Å². The van der Waals surface area contributed by atoms with E-state index in [4.69, 9.17) is 5.14 Å². The van der Waals surface area contributed by atoms with Crippen molar-refractivity contribution in [1.82, 2.24) is 19.7 Å². The number of benzene rings is 1. The summed E-state index contributed by atoms with van der Waals surface area (Å²) in [7, 11) is -3.81. The number of H-pyrrole nitrogens is 1. The Hall–Kier alpha value is -3.02. The predicted octanol–water partition coefficient (Wildman–Crippen LogP) is 3.12. The van der Waals surface area contributed by atoms with Crippen LogP contribution in [-0.4, -0.2) is 34.1 Å². The van der Waals surface area contributed by atoms with Gasteiger partial charge in [0, 0.05) is 25.5 Å². The number of hydrogen-bond donors (Lipinski definition) is 3. The molecular formula is C20H22N6O3S2. The fraction of sp³-hybridized carbons (Fsp3) is 0.250. The maximum absolute atomic E-state index is 12.5. The Labute approximate surface area is 183 Å². The summed E-state index contributed by atoms with van der Waals surface area (Å²) in [4.78, 5) is 18.1. The van der Waals surface area contributed by atoms with Crippen molar-refractivity contribution in [2.24, 2.45) is 5.14 Å². The zero-order chi connectivity index (χ0) is 22.0. The number of nitrogens with two attached hydrogens (primary N) is 1. The molecule has 0 atom stereocenters. The smallest absolute Gasteiger partial charge is 0.238 e. The third kappa shape index (κ3) is 4.68. The summed E-state index contributed by atoms with van der Waals surface area (Å²) < 4.78 is 25.3. The minimum atomic E-state index is -3.81. The van der Waals surface area contributed by atoms with Crippen molar-refractivity contribution in [2.45, 2.75) is 37.6 Å². The van der Waals surface area contributed by atoms with Gasteiger partial charge in [0.05, 0.1) is 26.5 Å². The van der Waals surface area contributed by atoms with Crippen LogP contribution in [0.15, 0.2) is 46.7 Å². The molecule has 0 aliphatic rings. The molecule has 0 radical (unpaired) electrons. The number of aromatic nitrogens is 4. The van der Waals surface area contributed by atoms with Gasteiger partial charge in [0.15, 0.2) is 5.82 Å². The average Bonchev–Trinajstić information content (AvgIpc) is 3.46. The Bertz CT molecular complexity index is 1320. The van der Waals surface area contributed by atoms with E-state index in [0.29, 0.717) is 24.3 Å². The summed E-state index contributed by atoms with van der Waals surface area (Å²) >= 11 is 1.59. The molecule has 1 aromatic carbocycles. The molecule has 4 aromatic rings. The van der Waals surface area contributed by atoms with E-state index in [1.54, 1.807) is 23.5 Å². The van der Waals surface area contributed by atoms with Crippen molar-refractivity contribution >= 4 is 44.1 Å². The topological polar surface area (TPSA) is 136 Å². The molecule has 0 aliphatic carbocycles. The van der Waals surface area contributed by atoms with Gasteiger partial charge < -0.3 is 9.88 Å². The summed E-state index contributed by atoms with van der Waals surface area (Å²) in [6.07, 6.45) is 1.50. The third-order valence-electron chi connectivity index (χ3n) is 4.78. The lowest BCUT2D eigenvalue weighted by atomic mass is 10.2. The van der Waals surface area contributed by atoms with E-state index in [0.717, 1.165) is 28.3 Å². The largest absolute Gasteiger partial charge is 0.328 e. The molecule has 11 heteroatoms. The summed E-state index contributed by atoms with van der Waals surface area (Å²) in [6.45, 7) is 2.76. The first-order chi connectivity index (χ1) is 14.8. The predicted molar refractivity (Wildman–Crippen MR) is 120 cm³/mol. The lowest BCUT2D eigenvalue weighted by Crippen LogP contribution is -2.14. The Morgan fingerprint density at radius 1 is 1.29 bits per heavy atom. The van der Waals surface area contributed by atoms with E-state index in [1.165, 1.54) is 12.1 Å².